The summed E-state index contributed by atoms with van der Waals surface area (Å²) in [6, 6.07) is 27.2. The van der Waals surface area contributed by atoms with Crippen molar-refractivity contribution in [1.29, 1.82) is 0 Å². The number of ether oxygens (including phenoxy) is 2. The highest BCUT2D eigenvalue weighted by molar-refractivity contribution is 5.95. The molecule has 0 aliphatic rings. The summed E-state index contributed by atoms with van der Waals surface area (Å²) in [5, 5.41) is 0. The zero-order valence-corrected chi connectivity index (χ0v) is 17.0. The zero-order valence-electron chi connectivity index (χ0n) is 17.0. The van der Waals surface area contributed by atoms with E-state index >= 15 is 0 Å². The number of hydrogen-bond acceptors (Lipinski definition) is 6. The van der Waals surface area contributed by atoms with E-state index < -0.39 is 11.9 Å². The number of carbonyl (C=O) groups is 2. The van der Waals surface area contributed by atoms with Gasteiger partial charge in [0.1, 0.15) is 11.5 Å². The smallest absolute Gasteiger partial charge is 0.343 e. The van der Waals surface area contributed by atoms with Crippen LogP contribution in [0.15, 0.2) is 97.1 Å². The first-order valence-corrected chi connectivity index (χ1v) is 9.85. The number of esters is 2. The number of nitrogens with two attached hydrogens (primary N) is 2. The SMILES string of the molecule is Nc1cccc(C(=O)Oc2ccccc2-c2ccccc2OC(=O)c2cccc(N)c2)c1. The highest BCUT2D eigenvalue weighted by Crippen LogP contribution is 2.37. The Morgan fingerprint density at radius 1 is 0.531 bits per heavy atom. The van der Waals surface area contributed by atoms with Crippen LogP contribution in [-0.4, -0.2) is 11.9 Å². The largest absolute Gasteiger partial charge is 0.422 e. The molecule has 0 saturated heterocycles. The van der Waals surface area contributed by atoms with E-state index in [-0.39, 0.29) is 0 Å². The van der Waals surface area contributed by atoms with Gasteiger partial charge in [0.25, 0.3) is 0 Å². The molecular weight excluding hydrogens is 404 g/mol. The molecule has 6 heteroatoms. The first-order chi connectivity index (χ1) is 15.5. The van der Waals surface area contributed by atoms with Gasteiger partial charge in [-0.3, -0.25) is 0 Å². The summed E-state index contributed by atoms with van der Waals surface area (Å²) in [5.74, 6) is -0.433. The highest BCUT2D eigenvalue weighted by Gasteiger charge is 2.17. The lowest BCUT2D eigenvalue weighted by Gasteiger charge is -2.14. The maximum Gasteiger partial charge on any atom is 0.343 e. The Labute approximate surface area is 185 Å². The van der Waals surface area contributed by atoms with Crippen molar-refractivity contribution < 1.29 is 19.1 Å². The third-order valence-corrected chi connectivity index (χ3v) is 4.71. The van der Waals surface area contributed by atoms with Gasteiger partial charge in [-0.15, -0.1) is 0 Å². The lowest BCUT2D eigenvalue weighted by molar-refractivity contribution is 0.0723. The van der Waals surface area contributed by atoms with Crippen molar-refractivity contribution >= 4 is 23.3 Å². The Balaban J connectivity index is 1.65. The second kappa shape index (κ2) is 9.06. The lowest BCUT2D eigenvalue weighted by Crippen LogP contribution is -2.11. The van der Waals surface area contributed by atoms with Crippen LogP contribution in [0.1, 0.15) is 20.7 Å². The average molecular weight is 424 g/mol. The molecule has 32 heavy (non-hydrogen) atoms. The molecule has 0 aliphatic carbocycles. The van der Waals surface area contributed by atoms with Crippen molar-refractivity contribution in [2.45, 2.75) is 0 Å². The van der Waals surface area contributed by atoms with Crippen LogP contribution in [0.4, 0.5) is 11.4 Å². The van der Waals surface area contributed by atoms with Crippen LogP contribution in [0.2, 0.25) is 0 Å². The normalized spacial score (nSPS) is 10.4. The molecule has 0 spiro atoms. The summed E-state index contributed by atoms with van der Waals surface area (Å²) in [6.45, 7) is 0. The average Bonchev–Trinajstić information content (AvgIpc) is 2.80. The lowest BCUT2D eigenvalue weighted by atomic mass is 10.0. The molecule has 0 fully saturated rings. The van der Waals surface area contributed by atoms with Crippen molar-refractivity contribution in [2.24, 2.45) is 0 Å². The minimum Gasteiger partial charge on any atom is -0.422 e. The van der Waals surface area contributed by atoms with Gasteiger partial charge in [0.2, 0.25) is 0 Å². The van der Waals surface area contributed by atoms with Gasteiger partial charge in [-0.25, -0.2) is 9.59 Å². The highest BCUT2D eigenvalue weighted by atomic mass is 16.5. The standard InChI is InChI=1S/C26H20N2O4/c27-19-9-5-7-17(15-19)25(29)31-23-13-3-1-11-21(23)22-12-2-4-14-24(22)32-26(30)18-8-6-10-20(28)16-18/h1-16H,27-28H2. The molecule has 4 aromatic carbocycles. The van der Waals surface area contributed by atoms with Gasteiger partial charge in [0.05, 0.1) is 11.1 Å². The van der Waals surface area contributed by atoms with E-state index in [1.807, 2.05) is 12.1 Å². The minimum absolute atomic E-state index is 0.326. The quantitative estimate of drug-likeness (QED) is 0.267. The maximum absolute atomic E-state index is 12.7. The van der Waals surface area contributed by atoms with E-state index in [0.29, 0.717) is 45.1 Å². The third-order valence-electron chi connectivity index (χ3n) is 4.71. The number of para-hydroxylation sites is 2. The second-order valence-electron chi connectivity index (χ2n) is 7.02. The summed E-state index contributed by atoms with van der Waals surface area (Å²) in [4.78, 5) is 25.3. The summed E-state index contributed by atoms with van der Waals surface area (Å²) in [7, 11) is 0. The van der Waals surface area contributed by atoms with Gasteiger partial charge in [-0.2, -0.15) is 0 Å². The van der Waals surface area contributed by atoms with Gasteiger partial charge in [0.15, 0.2) is 0 Å². The molecule has 0 atom stereocenters. The van der Waals surface area contributed by atoms with E-state index in [0.717, 1.165) is 0 Å². The molecule has 4 N–H and O–H groups in total. The van der Waals surface area contributed by atoms with Crippen LogP contribution in [-0.2, 0) is 0 Å². The number of carbonyl (C=O) groups excluding carboxylic acids is 2. The Morgan fingerprint density at radius 3 is 1.34 bits per heavy atom. The molecule has 4 rings (SSSR count). The molecule has 0 saturated carbocycles. The van der Waals surface area contributed by atoms with Crippen molar-refractivity contribution in [1.82, 2.24) is 0 Å². The van der Waals surface area contributed by atoms with Crippen LogP contribution in [0.3, 0.4) is 0 Å². The van der Waals surface area contributed by atoms with E-state index in [2.05, 4.69) is 0 Å². The topological polar surface area (TPSA) is 105 Å². The molecule has 0 radical (unpaired) electrons. The summed E-state index contributed by atoms with van der Waals surface area (Å²) < 4.78 is 11.3. The maximum atomic E-state index is 12.7. The van der Waals surface area contributed by atoms with Gasteiger partial charge in [-0.05, 0) is 48.5 Å². The summed E-state index contributed by atoms with van der Waals surface area (Å²) in [5.41, 5.74) is 14.3. The monoisotopic (exact) mass is 424 g/mol. The molecule has 158 valence electrons. The predicted octanol–water partition coefficient (Wildman–Crippen LogP) is 4.96. The number of anilines is 2. The predicted molar refractivity (Wildman–Crippen MR) is 124 cm³/mol. The fourth-order valence-corrected chi connectivity index (χ4v) is 3.21. The van der Waals surface area contributed by atoms with Gasteiger partial charge < -0.3 is 20.9 Å². The van der Waals surface area contributed by atoms with E-state index in [9.17, 15) is 9.59 Å². The van der Waals surface area contributed by atoms with Gasteiger partial charge >= 0.3 is 11.9 Å². The second-order valence-corrected chi connectivity index (χ2v) is 7.02. The van der Waals surface area contributed by atoms with E-state index in [4.69, 9.17) is 20.9 Å². The number of benzene rings is 4. The van der Waals surface area contributed by atoms with Gasteiger partial charge in [0, 0.05) is 22.5 Å². The molecule has 0 amide bonds. The molecule has 0 unspecified atom stereocenters. The van der Waals surface area contributed by atoms with Crippen LogP contribution in [0.5, 0.6) is 11.5 Å². The zero-order chi connectivity index (χ0) is 22.5. The van der Waals surface area contributed by atoms with Crippen LogP contribution >= 0.6 is 0 Å². The Hall–Kier alpha value is -4.58. The first kappa shape index (κ1) is 20.7. The molecule has 6 nitrogen and oxygen atoms in total. The number of hydrogen-bond donors (Lipinski definition) is 2. The van der Waals surface area contributed by atoms with Crippen molar-refractivity contribution in [2.75, 3.05) is 11.5 Å². The molecule has 0 aromatic heterocycles. The van der Waals surface area contributed by atoms with E-state index in [1.165, 1.54) is 0 Å². The van der Waals surface area contributed by atoms with E-state index in [1.54, 1.807) is 84.9 Å². The molecule has 4 aromatic rings. The van der Waals surface area contributed by atoms with Crippen molar-refractivity contribution in [3.63, 3.8) is 0 Å². The fraction of sp³-hybridized carbons (Fsp3) is 0. The molecule has 0 bridgehead atoms. The Morgan fingerprint density at radius 2 is 0.938 bits per heavy atom. The minimum atomic E-state index is -0.543. The third kappa shape index (κ3) is 4.60. The number of nitrogen functional groups attached to an aromatic ring is 2. The Kier molecular flexibility index (Phi) is 5.85. The summed E-state index contributed by atoms with van der Waals surface area (Å²) >= 11 is 0. The van der Waals surface area contributed by atoms with Crippen molar-refractivity contribution in [3.05, 3.63) is 108 Å². The van der Waals surface area contributed by atoms with Crippen LogP contribution < -0.4 is 20.9 Å². The van der Waals surface area contributed by atoms with Crippen LogP contribution in [0.25, 0.3) is 11.1 Å². The van der Waals surface area contributed by atoms with Gasteiger partial charge in [-0.1, -0.05) is 48.5 Å². The first-order valence-electron chi connectivity index (χ1n) is 9.85. The Bertz CT molecular complexity index is 1200. The number of rotatable bonds is 5. The van der Waals surface area contributed by atoms with Crippen molar-refractivity contribution in [3.8, 4) is 22.6 Å². The molecule has 0 heterocycles. The molecular formula is C26H20N2O4. The van der Waals surface area contributed by atoms with Crippen LogP contribution in [0, 0.1) is 0 Å². The summed E-state index contributed by atoms with van der Waals surface area (Å²) in [6.07, 6.45) is 0. The fourth-order valence-electron chi connectivity index (χ4n) is 3.21. The molecule has 0 aliphatic heterocycles.